The summed E-state index contributed by atoms with van der Waals surface area (Å²) in [5.74, 6) is -0.419. The molecular formula is C26H40F2N6O3. The van der Waals surface area contributed by atoms with E-state index in [2.05, 4.69) is 15.5 Å². The molecule has 4 rings (SSSR count). The van der Waals surface area contributed by atoms with Crippen LogP contribution in [0.25, 0.3) is 10.9 Å². The van der Waals surface area contributed by atoms with Crippen molar-refractivity contribution in [1.29, 1.82) is 0 Å². The molecule has 2 aliphatic rings. The first-order valence-corrected chi connectivity index (χ1v) is 13.3. The number of hydrogen-bond donors (Lipinski definition) is 3. The maximum Gasteiger partial charge on any atom is 0.251 e. The Hall–Kier alpha value is -2.50. The SMILES string of the molecule is COc1cc2c(NC(C)CNCCO)nc(N3CCC(F)(F)CC3)nc2cc1OCCCN1CCCC1. The summed E-state index contributed by atoms with van der Waals surface area (Å²) in [7, 11) is 1.61. The van der Waals surface area contributed by atoms with Crippen molar-refractivity contribution in [3.63, 3.8) is 0 Å². The number of hydrogen-bond acceptors (Lipinski definition) is 9. The highest BCUT2D eigenvalue weighted by Gasteiger charge is 2.35. The molecule has 1 atom stereocenters. The lowest BCUT2D eigenvalue weighted by molar-refractivity contribution is -0.0222. The Morgan fingerprint density at radius 3 is 2.57 bits per heavy atom. The number of aliphatic hydroxyl groups excluding tert-OH is 1. The molecule has 1 aromatic heterocycles. The normalized spacial score (nSPS) is 18.8. The van der Waals surface area contributed by atoms with Gasteiger partial charge < -0.3 is 35.0 Å². The molecule has 206 valence electrons. The van der Waals surface area contributed by atoms with Gasteiger partial charge in [0, 0.05) is 63.1 Å². The van der Waals surface area contributed by atoms with E-state index in [-0.39, 0.29) is 38.6 Å². The Kier molecular flexibility index (Phi) is 9.55. The van der Waals surface area contributed by atoms with Gasteiger partial charge in [0.2, 0.25) is 5.95 Å². The summed E-state index contributed by atoms with van der Waals surface area (Å²) < 4.78 is 39.3. The van der Waals surface area contributed by atoms with E-state index >= 15 is 0 Å². The first-order chi connectivity index (χ1) is 17.9. The fourth-order valence-electron chi connectivity index (χ4n) is 4.84. The molecule has 3 N–H and O–H groups in total. The quantitative estimate of drug-likeness (QED) is 0.343. The lowest BCUT2D eigenvalue weighted by atomic mass is 10.1. The number of alkyl halides is 2. The van der Waals surface area contributed by atoms with Crippen LogP contribution in [0.2, 0.25) is 0 Å². The van der Waals surface area contributed by atoms with Gasteiger partial charge in [-0.3, -0.25) is 0 Å². The number of fused-ring (bicyclic) bond motifs is 1. The predicted molar refractivity (Wildman–Crippen MR) is 141 cm³/mol. The molecule has 2 aromatic rings. The number of likely N-dealkylation sites (tertiary alicyclic amines) is 1. The Balaban J connectivity index is 1.57. The fraction of sp³-hybridized carbons (Fsp3) is 0.692. The number of halogens is 2. The summed E-state index contributed by atoms with van der Waals surface area (Å²) in [5, 5.41) is 16.4. The number of nitrogens with one attached hydrogen (secondary N) is 2. The van der Waals surface area contributed by atoms with Gasteiger partial charge in [-0.25, -0.2) is 13.8 Å². The van der Waals surface area contributed by atoms with Crippen molar-refractivity contribution >= 4 is 22.7 Å². The summed E-state index contributed by atoms with van der Waals surface area (Å²) in [6, 6.07) is 3.72. The van der Waals surface area contributed by atoms with Crippen LogP contribution in [-0.2, 0) is 0 Å². The predicted octanol–water partition coefficient (Wildman–Crippen LogP) is 3.12. The molecule has 0 spiro atoms. The standard InChI is InChI=1S/C26H40F2N6O3/c1-19(18-29-8-14-35)30-24-20-16-22(36-2)23(37-15-5-11-33-9-3-4-10-33)17-21(20)31-25(32-24)34-12-6-26(27,28)7-13-34/h16-17,19,29,35H,3-15,18H2,1-2H3,(H,30,31,32). The van der Waals surface area contributed by atoms with Crippen molar-refractivity contribution in [3.8, 4) is 11.5 Å². The maximum atomic E-state index is 13.8. The van der Waals surface area contributed by atoms with Gasteiger partial charge in [0.25, 0.3) is 5.92 Å². The molecule has 9 nitrogen and oxygen atoms in total. The summed E-state index contributed by atoms with van der Waals surface area (Å²) in [6.07, 6.45) is 3.02. The van der Waals surface area contributed by atoms with Crippen LogP contribution in [-0.4, -0.2) is 98.1 Å². The number of aliphatic hydroxyl groups is 1. The van der Waals surface area contributed by atoms with Crippen LogP contribution in [0, 0.1) is 0 Å². The number of anilines is 2. The zero-order valence-electron chi connectivity index (χ0n) is 21.9. The number of benzene rings is 1. The lowest BCUT2D eigenvalue weighted by Gasteiger charge is -2.32. The molecule has 2 fully saturated rings. The molecular weight excluding hydrogens is 482 g/mol. The number of aromatic nitrogens is 2. The van der Waals surface area contributed by atoms with E-state index in [9.17, 15) is 8.78 Å². The molecule has 0 bridgehead atoms. The smallest absolute Gasteiger partial charge is 0.251 e. The second-order valence-electron chi connectivity index (χ2n) is 9.96. The van der Waals surface area contributed by atoms with Crippen LogP contribution >= 0.6 is 0 Å². The third-order valence-electron chi connectivity index (χ3n) is 6.94. The van der Waals surface area contributed by atoms with Gasteiger partial charge in [0.05, 0.1) is 25.8 Å². The molecule has 3 heterocycles. The van der Waals surface area contributed by atoms with Crippen molar-refractivity contribution in [2.75, 3.05) is 76.4 Å². The summed E-state index contributed by atoms with van der Waals surface area (Å²) >= 11 is 0. The molecule has 1 unspecified atom stereocenters. The molecule has 0 aliphatic carbocycles. The average Bonchev–Trinajstić information content (AvgIpc) is 3.40. The largest absolute Gasteiger partial charge is 0.493 e. The van der Waals surface area contributed by atoms with E-state index in [1.165, 1.54) is 12.8 Å². The van der Waals surface area contributed by atoms with Crippen molar-refractivity contribution < 1.29 is 23.4 Å². The summed E-state index contributed by atoms with van der Waals surface area (Å²) in [6.45, 7) is 7.47. The van der Waals surface area contributed by atoms with Crippen LogP contribution in [0.5, 0.6) is 11.5 Å². The lowest BCUT2D eigenvalue weighted by Crippen LogP contribution is -2.40. The van der Waals surface area contributed by atoms with Crippen LogP contribution in [0.4, 0.5) is 20.5 Å². The van der Waals surface area contributed by atoms with E-state index in [0.29, 0.717) is 48.5 Å². The topological polar surface area (TPSA) is 95.0 Å². The van der Waals surface area contributed by atoms with Gasteiger partial charge in [0.1, 0.15) is 5.82 Å². The minimum atomic E-state index is -2.65. The van der Waals surface area contributed by atoms with E-state index in [1.807, 2.05) is 24.0 Å². The zero-order chi connectivity index (χ0) is 26.3. The Bertz CT molecular complexity index is 1010. The number of rotatable bonds is 13. The Morgan fingerprint density at radius 2 is 1.86 bits per heavy atom. The van der Waals surface area contributed by atoms with Crippen LogP contribution in [0.15, 0.2) is 12.1 Å². The number of nitrogens with zero attached hydrogens (tertiary/aromatic N) is 4. The van der Waals surface area contributed by atoms with Gasteiger partial charge >= 0.3 is 0 Å². The summed E-state index contributed by atoms with van der Waals surface area (Å²) in [5.41, 5.74) is 0.663. The highest BCUT2D eigenvalue weighted by atomic mass is 19.3. The van der Waals surface area contributed by atoms with E-state index < -0.39 is 5.92 Å². The van der Waals surface area contributed by atoms with Gasteiger partial charge in [-0.05, 0) is 45.3 Å². The fourth-order valence-corrected chi connectivity index (χ4v) is 4.84. The molecule has 11 heteroatoms. The van der Waals surface area contributed by atoms with Crippen LogP contribution < -0.4 is 25.0 Å². The van der Waals surface area contributed by atoms with Gasteiger partial charge in [-0.15, -0.1) is 0 Å². The molecule has 0 radical (unpaired) electrons. The first kappa shape index (κ1) is 27.5. The van der Waals surface area contributed by atoms with E-state index in [0.717, 1.165) is 31.4 Å². The second-order valence-corrected chi connectivity index (χ2v) is 9.96. The highest BCUT2D eigenvalue weighted by molar-refractivity contribution is 5.93. The Morgan fingerprint density at radius 1 is 1.11 bits per heavy atom. The van der Waals surface area contributed by atoms with E-state index in [1.54, 1.807) is 7.11 Å². The third kappa shape index (κ3) is 7.52. The third-order valence-corrected chi connectivity index (χ3v) is 6.94. The van der Waals surface area contributed by atoms with Gasteiger partial charge in [-0.2, -0.15) is 4.98 Å². The zero-order valence-corrected chi connectivity index (χ0v) is 21.9. The minimum Gasteiger partial charge on any atom is -0.493 e. The molecule has 2 saturated heterocycles. The van der Waals surface area contributed by atoms with Crippen molar-refractivity contribution in [2.24, 2.45) is 0 Å². The van der Waals surface area contributed by atoms with Crippen molar-refractivity contribution in [3.05, 3.63) is 12.1 Å². The number of piperidine rings is 1. The van der Waals surface area contributed by atoms with Crippen molar-refractivity contribution in [1.82, 2.24) is 20.2 Å². The maximum absolute atomic E-state index is 13.8. The second kappa shape index (κ2) is 12.8. The first-order valence-electron chi connectivity index (χ1n) is 13.3. The summed E-state index contributed by atoms with van der Waals surface area (Å²) in [4.78, 5) is 13.8. The van der Waals surface area contributed by atoms with Crippen LogP contribution in [0.3, 0.4) is 0 Å². The molecule has 2 aliphatic heterocycles. The number of methoxy groups -OCH3 is 1. The highest BCUT2D eigenvalue weighted by Crippen LogP contribution is 2.36. The molecule has 37 heavy (non-hydrogen) atoms. The minimum absolute atomic E-state index is 0.00398. The monoisotopic (exact) mass is 522 g/mol. The molecule has 0 saturated carbocycles. The average molecular weight is 523 g/mol. The van der Waals surface area contributed by atoms with Gasteiger partial charge in [-0.1, -0.05) is 0 Å². The Labute approximate surface area is 217 Å². The van der Waals surface area contributed by atoms with E-state index in [4.69, 9.17) is 24.5 Å². The number of ether oxygens (including phenoxy) is 2. The van der Waals surface area contributed by atoms with Gasteiger partial charge in [0.15, 0.2) is 11.5 Å². The van der Waals surface area contributed by atoms with Crippen LogP contribution in [0.1, 0.15) is 39.0 Å². The molecule has 0 amide bonds. The van der Waals surface area contributed by atoms with Crippen molar-refractivity contribution in [2.45, 2.75) is 51.0 Å². The molecule has 1 aromatic carbocycles.